The molecule has 2 amide bonds. The first kappa shape index (κ1) is 15.1. The van der Waals surface area contributed by atoms with E-state index >= 15 is 0 Å². The van der Waals surface area contributed by atoms with Gasteiger partial charge in [0, 0.05) is 12.5 Å². The molecule has 1 aromatic heterocycles. The van der Waals surface area contributed by atoms with Crippen molar-refractivity contribution in [2.75, 3.05) is 19.7 Å². The van der Waals surface area contributed by atoms with Crippen LogP contribution < -0.4 is 5.32 Å². The number of carbonyl (C=O) groups is 1. The van der Waals surface area contributed by atoms with Crippen molar-refractivity contribution >= 4 is 6.03 Å². The van der Waals surface area contributed by atoms with Gasteiger partial charge >= 0.3 is 6.03 Å². The van der Waals surface area contributed by atoms with Gasteiger partial charge in [-0.2, -0.15) is 4.98 Å². The highest BCUT2D eigenvalue weighted by Gasteiger charge is 2.29. The lowest BCUT2D eigenvalue weighted by molar-refractivity contribution is -0.0155. The zero-order chi connectivity index (χ0) is 16.4. The molecule has 7 heteroatoms. The second-order valence-corrected chi connectivity index (χ2v) is 6.20. The Kier molecular flexibility index (Phi) is 4.17. The molecule has 1 N–H and O–H groups in total. The average molecular weight is 328 g/mol. The minimum atomic E-state index is -0.134. The van der Waals surface area contributed by atoms with Crippen LogP contribution in [0.15, 0.2) is 34.9 Å². The average Bonchev–Trinajstić information content (AvgIpc) is 3.39. The molecule has 126 valence electrons. The predicted octanol–water partition coefficient (Wildman–Crippen LogP) is 2.23. The molecule has 1 atom stereocenters. The molecule has 0 spiro atoms. The van der Waals surface area contributed by atoms with Gasteiger partial charge in [-0.3, -0.25) is 0 Å². The van der Waals surface area contributed by atoms with Crippen molar-refractivity contribution in [2.45, 2.75) is 31.4 Å². The first-order valence-corrected chi connectivity index (χ1v) is 8.31. The van der Waals surface area contributed by atoms with Crippen molar-refractivity contribution in [3.63, 3.8) is 0 Å². The van der Waals surface area contributed by atoms with Crippen molar-refractivity contribution in [2.24, 2.45) is 0 Å². The van der Waals surface area contributed by atoms with Crippen LogP contribution in [0.25, 0.3) is 0 Å². The molecule has 1 saturated carbocycles. The van der Waals surface area contributed by atoms with Crippen LogP contribution in [0.2, 0.25) is 0 Å². The number of ether oxygens (including phenoxy) is 1. The van der Waals surface area contributed by atoms with Gasteiger partial charge in [-0.15, -0.1) is 0 Å². The summed E-state index contributed by atoms with van der Waals surface area (Å²) in [7, 11) is 0. The molecule has 2 heterocycles. The SMILES string of the molecule is O=C(NCc1nc(C2CC2)no1)N1CCOC(c2ccccc2)C1. The molecule has 0 radical (unpaired) electrons. The van der Waals surface area contributed by atoms with E-state index < -0.39 is 0 Å². The van der Waals surface area contributed by atoms with E-state index in [-0.39, 0.29) is 18.7 Å². The van der Waals surface area contributed by atoms with Gasteiger partial charge in [-0.05, 0) is 18.4 Å². The van der Waals surface area contributed by atoms with Crippen LogP contribution in [-0.4, -0.2) is 40.8 Å². The summed E-state index contributed by atoms with van der Waals surface area (Å²) in [5, 5.41) is 6.80. The van der Waals surface area contributed by atoms with Crippen molar-refractivity contribution in [3.8, 4) is 0 Å². The third-order valence-corrected chi connectivity index (χ3v) is 4.34. The van der Waals surface area contributed by atoms with E-state index in [1.165, 1.54) is 0 Å². The normalized spacial score (nSPS) is 20.8. The van der Waals surface area contributed by atoms with Gasteiger partial charge in [-0.1, -0.05) is 35.5 Å². The summed E-state index contributed by atoms with van der Waals surface area (Å²) in [6.07, 6.45) is 2.16. The Morgan fingerprint density at radius 3 is 2.92 bits per heavy atom. The highest BCUT2D eigenvalue weighted by Crippen LogP contribution is 2.38. The van der Waals surface area contributed by atoms with Gasteiger partial charge in [0.2, 0.25) is 5.89 Å². The third kappa shape index (κ3) is 3.41. The lowest BCUT2D eigenvalue weighted by atomic mass is 10.1. The van der Waals surface area contributed by atoms with E-state index in [4.69, 9.17) is 9.26 Å². The zero-order valence-corrected chi connectivity index (χ0v) is 13.4. The number of nitrogens with zero attached hydrogens (tertiary/aromatic N) is 3. The monoisotopic (exact) mass is 328 g/mol. The molecule has 1 unspecified atom stereocenters. The minimum absolute atomic E-state index is 0.0874. The van der Waals surface area contributed by atoms with Crippen LogP contribution in [0.3, 0.4) is 0 Å². The Bertz CT molecular complexity index is 699. The number of carbonyl (C=O) groups excluding carboxylic acids is 1. The van der Waals surface area contributed by atoms with Gasteiger partial charge in [0.25, 0.3) is 0 Å². The second kappa shape index (κ2) is 6.60. The van der Waals surface area contributed by atoms with Crippen molar-refractivity contribution < 1.29 is 14.1 Å². The zero-order valence-electron chi connectivity index (χ0n) is 13.4. The van der Waals surface area contributed by atoms with E-state index in [1.54, 1.807) is 4.90 Å². The fourth-order valence-corrected chi connectivity index (χ4v) is 2.81. The van der Waals surface area contributed by atoms with Crippen LogP contribution >= 0.6 is 0 Å². The van der Waals surface area contributed by atoms with Crippen molar-refractivity contribution in [1.29, 1.82) is 0 Å². The molecule has 4 rings (SSSR count). The van der Waals surface area contributed by atoms with E-state index in [0.29, 0.717) is 31.5 Å². The molecule has 2 aliphatic rings. The van der Waals surface area contributed by atoms with Gasteiger partial charge in [-0.25, -0.2) is 4.79 Å². The molecule has 1 aliphatic carbocycles. The summed E-state index contributed by atoms with van der Waals surface area (Å²) in [5.41, 5.74) is 1.08. The lowest BCUT2D eigenvalue weighted by Crippen LogP contribution is -2.47. The molecule has 1 aromatic carbocycles. The summed E-state index contributed by atoms with van der Waals surface area (Å²) < 4.78 is 11.0. The number of morpholine rings is 1. The molecule has 2 fully saturated rings. The number of rotatable bonds is 4. The first-order valence-electron chi connectivity index (χ1n) is 8.31. The molecule has 0 bridgehead atoms. The molecule has 1 aliphatic heterocycles. The Balaban J connectivity index is 1.31. The maximum absolute atomic E-state index is 12.4. The van der Waals surface area contributed by atoms with Crippen molar-refractivity contribution in [1.82, 2.24) is 20.4 Å². The van der Waals surface area contributed by atoms with Gasteiger partial charge < -0.3 is 19.5 Å². The fourth-order valence-electron chi connectivity index (χ4n) is 2.81. The van der Waals surface area contributed by atoms with E-state index in [9.17, 15) is 4.79 Å². The first-order chi connectivity index (χ1) is 11.8. The van der Waals surface area contributed by atoms with E-state index in [1.807, 2.05) is 30.3 Å². The highest BCUT2D eigenvalue weighted by molar-refractivity contribution is 5.74. The molecular weight excluding hydrogens is 308 g/mol. The maximum Gasteiger partial charge on any atom is 0.318 e. The Morgan fingerprint density at radius 1 is 1.29 bits per heavy atom. The smallest absolute Gasteiger partial charge is 0.318 e. The standard InChI is InChI=1S/C17H20N4O3/c22-17(18-10-15-19-16(20-24-15)13-6-7-13)21-8-9-23-14(11-21)12-4-2-1-3-5-12/h1-5,13-14H,6-11H2,(H,18,22). The van der Waals surface area contributed by atoms with Crippen LogP contribution in [-0.2, 0) is 11.3 Å². The number of hydrogen-bond acceptors (Lipinski definition) is 5. The number of amides is 2. The number of hydrogen-bond donors (Lipinski definition) is 1. The van der Waals surface area contributed by atoms with Crippen LogP contribution in [0.4, 0.5) is 4.79 Å². The van der Waals surface area contributed by atoms with Gasteiger partial charge in [0.05, 0.1) is 19.7 Å². The number of urea groups is 1. The topological polar surface area (TPSA) is 80.5 Å². The third-order valence-electron chi connectivity index (χ3n) is 4.34. The summed E-state index contributed by atoms with van der Waals surface area (Å²) >= 11 is 0. The number of nitrogens with one attached hydrogen (secondary N) is 1. The van der Waals surface area contributed by atoms with Gasteiger partial charge in [0.15, 0.2) is 5.82 Å². The van der Waals surface area contributed by atoms with Crippen LogP contribution in [0.1, 0.15) is 42.1 Å². The van der Waals surface area contributed by atoms with E-state index in [2.05, 4.69) is 15.5 Å². The largest absolute Gasteiger partial charge is 0.370 e. The number of benzene rings is 1. The summed E-state index contributed by atoms with van der Waals surface area (Å²) in [5.74, 6) is 1.66. The summed E-state index contributed by atoms with van der Waals surface area (Å²) in [6, 6.07) is 9.82. The Labute approximate surface area is 140 Å². The van der Waals surface area contributed by atoms with E-state index in [0.717, 1.165) is 24.2 Å². The minimum Gasteiger partial charge on any atom is -0.370 e. The Hall–Kier alpha value is -2.41. The van der Waals surface area contributed by atoms with Crippen LogP contribution in [0, 0.1) is 0 Å². The Morgan fingerprint density at radius 2 is 2.12 bits per heavy atom. The number of aromatic nitrogens is 2. The summed E-state index contributed by atoms with van der Waals surface area (Å²) in [4.78, 5) is 18.5. The molecule has 24 heavy (non-hydrogen) atoms. The molecule has 1 saturated heterocycles. The predicted molar refractivity (Wildman–Crippen MR) is 85.2 cm³/mol. The quantitative estimate of drug-likeness (QED) is 0.931. The maximum atomic E-state index is 12.4. The second-order valence-electron chi connectivity index (χ2n) is 6.20. The molecule has 2 aromatic rings. The molecular formula is C17H20N4O3. The summed E-state index contributed by atoms with van der Waals surface area (Å²) in [6.45, 7) is 1.89. The highest BCUT2D eigenvalue weighted by atomic mass is 16.5. The fraction of sp³-hybridized carbons (Fsp3) is 0.471. The van der Waals surface area contributed by atoms with Crippen molar-refractivity contribution in [3.05, 3.63) is 47.6 Å². The lowest BCUT2D eigenvalue weighted by Gasteiger charge is -2.33. The van der Waals surface area contributed by atoms with Crippen LogP contribution in [0.5, 0.6) is 0 Å². The molecule has 7 nitrogen and oxygen atoms in total. The van der Waals surface area contributed by atoms with Gasteiger partial charge in [0.1, 0.15) is 6.10 Å².